The zero-order chi connectivity index (χ0) is 13.7. The van der Waals surface area contributed by atoms with E-state index in [2.05, 4.69) is 32.6 Å². The zero-order valence-electron chi connectivity index (χ0n) is 13.2. The van der Waals surface area contributed by atoms with Crippen LogP contribution in [0, 0.1) is 5.92 Å². The average molecular weight is 328 g/mol. The summed E-state index contributed by atoms with van der Waals surface area (Å²) in [5, 5.41) is 0. The molecule has 4 nitrogen and oxygen atoms in total. The van der Waals surface area contributed by atoms with Gasteiger partial charge >= 0.3 is 0 Å². The summed E-state index contributed by atoms with van der Waals surface area (Å²) in [6.07, 6.45) is 1.94. The van der Waals surface area contributed by atoms with E-state index < -0.39 is 0 Å². The number of carbonyl (C=O) groups is 1. The van der Waals surface area contributed by atoms with Crippen molar-refractivity contribution in [3.8, 4) is 0 Å². The van der Waals surface area contributed by atoms with Crippen LogP contribution in [0.5, 0.6) is 0 Å². The molecular weight excluding hydrogens is 297 g/mol. The van der Waals surface area contributed by atoms with Gasteiger partial charge in [0.2, 0.25) is 5.91 Å². The van der Waals surface area contributed by atoms with Crippen LogP contribution in [0.25, 0.3) is 0 Å². The van der Waals surface area contributed by atoms with Crippen LogP contribution in [-0.2, 0) is 4.79 Å². The Bertz CT molecular complexity index is 275. The third-order valence-electron chi connectivity index (χ3n) is 4.20. The van der Waals surface area contributed by atoms with E-state index in [1.54, 1.807) is 0 Å². The minimum absolute atomic E-state index is 0. The van der Waals surface area contributed by atoms with Crippen LogP contribution in [0.15, 0.2) is 0 Å². The lowest BCUT2D eigenvalue weighted by atomic mass is 10.1. The molecule has 1 aliphatic rings. The van der Waals surface area contributed by atoms with Gasteiger partial charge in [0, 0.05) is 12.6 Å². The summed E-state index contributed by atoms with van der Waals surface area (Å²) in [5.74, 6) is 0.780. The standard InChI is InChI=1S/C14H29N3O.2ClH/c1-5-13(16(6-2)7-3)14(18)17-10-12(9-15)8-11(17)4;;/h11-13H,5-10,15H2,1-4H3;2*1H. The molecule has 0 spiro atoms. The lowest BCUT2D eigenvalue weighted by molar-refractivity contribution is -0.137. The Morgan fingerprint density at radius 2 is 1.85 bits per heavy atom. The molecule has 0 saturated carbocycles. The van der Waals surface area contributed by atoms with Crippen LogP contribution in [0.1, 0.15) is 40.5 Å². The molecule has 20 heavy (non-hydrogen) atoms. The lowest BCUT2D eigenvalue weighted by Gasteiger charge is -2.33. The van der Waals surface area contributed by atoms with Gasteiger partial charge in [0.25, 0.3) is 0 Å². The van der Waals surface area contributed by atoms with Crippen molar-refractivity contribution in [2.45, 2.75) is 52.6 Å². The average Bonchev–Trinajstić information content (AvgIpc) is 2.76. The molecule has 2 N–H and O–H groups in total. The molecule has 3 atom stereocenters. The molecule has 1 amide bonds. The van der Waals surface area contributed by atoms with Gasteiger partial charge < -0.3 is 10.6 Å². The minimum atomic E-state index is 0. The van der Waals surface area contributed by atoms with E-state index in [9.17, 15) is 4.79 Å². The second kappa shape index (κ2) is 10.7. The molecule has 0 radical (unpaired) electrons. The van der Waals surface area contributed by atoms with Crippen molar-refractivity contribution < 1.29 is 4.79 Å². The molecule has 0 aromatic carbocycles. The number of hydrogen-bond acceptors (Lipinski definition) is 3. The fourth-order valence-corrected chi connectivity index (χ4v) is 3.07. The predicted molar refractivity (Wildman–Crippen MR) is 89.8 cm³/mol. The lowest BCUT2D eigenvalue weighted by Crippen LogP contribution is -2.49. The second-order valence-corrected chi connectivity index (χ2v) is 5.32. The second-order valence-electron chi connectivity index (χ2n) is 5.32. The maximum atomic E-state index is 12.7. The summed E-state index contributed by atoms with van der Waals surface area (Å²) in [5.41, 5.74) is 5.73. The first kappa shape index (κ1) is 22.3. The Hall–Kier alpha value is -0.0300. The highest BCUT2D eigenvalue weighted by Crippen LogP contribution is 2.24. The van der Waals surface area contributed by atoms with Gasteiger partial charge in [-0.25, -0.2) is 0 Å². The fraction of sp³-hybridized carbons (Fsp3) is 0.929. The third kappa shape index (κ3) is 5.06. The third-order valence-corrected chi connectivity index (χ3v) is 4.20. The number of halogens is 2. The maximum absolute atomic E-state index is 12.7. The molecule has 1 heterocycles. The van der Waals surface area contributed by atoms with Crippen LogP contribution in [0.4, 0.5) is 0 Å². The molecule has 0 bridgehead atoms. The van der Waals surface area contributed by atoms with Crippen molar-refractivity contribution in [2.75, 3.05) is 26.2 Å². The Kier molecular flexibility index (Phi) is 11.9. The molecule has 3 unspecified atom stereocenters. The van der Waals surface area contributed by atoms with Crippen LogP contribution in [0.3, 0.4) is 0 Å². The largest absolute Gasteiger partial charge is 0.338 e. The maximum Gasteiger partial charge on any atom is 0.240 e. The van der Waals surface area contributed by atoms with Crippen molar-refractivity contribution >= 4 is 30.7 Å². The topological polar surface area (TPSA) is 49.6 Å². The first-order valence-electron chi connectivity index (χ1n) is 7.33. The van der Waals surface area contributed by atoms with E-state index in [-0.39, 0.29) is 30.9 Å². The highest BCUT2D eigenvalue weighted by molar-refractivity contribution is 5.85. The van der Waals surface area contributed by atoms with Crippen molar-refractivity contribution in [2.24, 2.45) is 11.7 Å². The quantitative estimate of drug-likeness (QED) is 0.813. The van der Waals surface area contributed by atoms with E-state index in [0.717, 1.165) is 32.5 Å². The summed E-state index contributed by atoms with van der Waals surface area (Å²) in [4.78, 5) is 17.0. The number of amides is 1. The van der Waals surface area contributed by atoms with Gasteiger partial charge in [-0.1, -0.05) is 20.8 Å². The number of likely N-dealkylation sites (tertiary alicyclic amines) is 1. The summed E-state index contributed by atoms with van der Waals surface area (Å²) in [6, 6.07) is 0.384. The van der Waals surface area contributed by atoms with Gasteiger partial charge in [-0.15, -0.1) is 24.8 Å². The number of carbonyl (C=O) groups excluding carboxylic acids is 1. The summed E-state index contributed by atoms with van der Waals surface area (Å²) < 4.78 is 0. The molecule has 1 fully saturated rings. The fourth-order valence-electron chi connectivity index (χ4n) is 3.07. The van der Waals surface area contributed by atoms with Crippen LogP contribution < -0.4 is 5.73 Å². The monoisotopic (exact) mass is 327 g/mol. The smallest absolute Gasteiger partial charge is 0.240 e. The first-order valence-corrected chi connectivity index (χ1v) is 7.33. The van der Waals surface area contributed by atoms with Crippen LogP contribution in [0.2, 0.25) is 0 Å². The normalized spacial score (nSPS) is 23.2. The van der Waals surface area contributed by atoms with Crippen LogP contribution in [-0.4, -0.2) is 54.0 Å². The number of nitrogens with zero attached hydrogens (tertiary/aromatic N) is 2. The van der Waals surface area contributed by atoms with Gasteiger partial charge in [-0.05, 0) is 45.3 Å². The van der Waals surface area contributed by atoms with Crippen molar-refractivity contribution in [3.05, 3.63) is 0 Å². The minimum Gasteiger partial charge on any atom is -0.338 e. The molecule has 0 aromatic heterocycles. The number of rotatable bonds is 6. The van der Waals surface area contributed by atoms with E-state index >= 15 is 0 Å². The van der Waals surface area contributed by atoms with Crippen molar-refractivity contribution in [1.29, 1.82) is 0 Å². The van der Waals surface area contributed by atoms with E-state index in [1.165, 1.54) is 0 Å². The molecule has 1 aliphatic heterocycles. The SMILES string of the molecule is CCC(C(=O)N1CC(CN)CC1C)N(CC)CC.Cl.Cl. The first-order chi connectivity index (χ1) is 8.58. The molecule has 122 valence electrons. The van der Waals surface area contributed by atoms with E-state index in [1.807, 2.05) is 4.90 Å². The van der Waals surface area contributed by atoms with E-state index in [4.69, 9.17) is 5.73 Å². The Balaban J connectivity index is 0. The zero-order valence-corrected chi connectivity index (χ0v) is 14.8. The van der Waals surface area contributed by atoms with Crippen LogP contribution >= 0.6 is 24.8 Å². The van der Waals surface area contributed by atoms with Gasteiger partial charge in [0.05, 0.1) is 6.04 Å². The summed E-state index contributed by atoms with van der Waals surface area (Å²) in [7, 11) is 0. The van der Waals surface area contributed by atoms with Gasteiger partial charge in [-0.2, -0.15) is 0 Å². The Morgan fingerprint density at radius 1 is 1.30 bits per heavy atom. The summed E-state index contributed by atoms with van der Waals surface area (Å²) in [6.45, 7) is 11.9. The van der Waals surface area contributed by atoms with Crippen molar-refractivity contribution in [1.82, 2.24) is 9.80 Å². The van der Waals surface area contributed by atoms with Crippen molar-refractivity contribution in [3.63, 3.8) is 0 Å². The molecule has 6 heteroatoms. The molecule has 0 aromatic rings. The Morgan fingerprint density at radius 3 is 2.20 bits per heavy atom. The highest BCUT2D eigenvalue weighted by atomic mass is 35.5. The van der Waals surface area contributed by atoms with Gasteiger partial charge in [-0.3, -0.25) is 9.69 Å². The number of hydrogen-bond donors (Lipinski definition) is 1. The number of likely N-dealkylation sites (N-methyl/N-ethyl adjacent to an activating group) is 1. The van der Waals surface area contributed by atoms with Gasteiger partial charge in [0.15, 0.2) is 0 Å². The molecule has 0 aliphatic carbocycles. The molecule has 1 rings (SSSR count). The Labute approximate surface area is 136 Å². The predicted octanol–water partition coefficient (Wildman–Crippen LogP) is 2.15. The summed E-state index contributed by atoms with van der Waals surface area (Å²) >= 11 is 0. The van der Waals surface area contributed by atoms with E-state index in [0.29, 0.717) is 24.4 Å². The van der Waals surface area contributed by atoms with Gasteiger partial charge in [0.1, 0.15) is 0 Å². The molecular formula is C14H31Cl2N3O. The highest BCUT2D eigenvalue weighted by Gasteiger charge is 2.35. The molecule has 1 saturated heterocycles. The number of nitrogens with two attached hydrogens (primary N) is 1.